The van der Waals surface area contributed by atoms with Crippen LogP contribution in [-0.4, -0.2) is 12.1 Å². The summed E-state index contributed by atoms with van der Waals surface area (Å²) in [5, 5.41) is 2.90. The molecule has 0 aliphatic carbocycles. The Morgan fingerprint density at radius 3 is 2.68 bits per heavy atom. The van der Waals surface area contributed by atoms with Crippen molar-refractivity contribution in [3.63, 3.8) is 0 Å². The highest BCUT2D eigenvalue weighted by molar-refractivity contribution is 9.10. The summed E-state index contributed by atoms with van der Waals surface area (Å²) in [6, 6.07) is 5.94. The predicted octanol–water partition coefficient (Wildman–Crippen LogP) is 3.74. The molecule has 1 N–H and O–H groups in total. The number of nitrogens with zero attached hydrogens (tertiary/aromatic N) is 1. The van der Waals surface area contributed by atoms with Crippen LogP contribution in [0.1, 0.15) is 5.56 Å². The van der Waals surface area contributed by atoms with Crippen LogP contribution < -0.4 is 10.1 Å². The second-order valence-electron chi connectivity index (χ2n) is 3.76. The molecular weight excluding hydrogens is 318 g/mol. The number of methoxy groups -OCH3 is 1. The largest absolute Gasteiger partial charge is 0.481 e. The maximum Gasteiger partial charge on any atom is 0.213 e. The van der Waals surface area contributed by atoms with E-state index in [4.69, 9.17) is 4.74 Å². The molecule has 0 radical (unpaired) electrons. The summed E-state index contributed by atoms with van der Waals surface area (Å²) in [5.41, 5.74) is 0.629. The van der Waals surface area contributed by atoms with Gasteiger partial charge in [0.2, 0.25) is 5.88 Å². The molecular formula is C13H11BrF2N2O. The summed E-state index contributed by atoms with van der Waals surface area (Å²) in [7, 11) is 1.52. The number of anilines is 1. The summed E-state index contributed by atoms with van der Waals surface area (Å²) in [6.07, 6.45) is 1.53. The van der Waals surface area contributed by atoms with E-state index in [9.17, 15) is 8.78 Å². The van der Waals surface area contributed by atoms with Gasteiger partial charge in [-0.05, 0) is 34.1 Å². The number of benzene rings is 1. The first-order valence-electron chi connectivity index (χ1n) is 5.48. The van der Waals surface area contributed by atoms with E-state index in [0.29, 0.717) is 11.6 Å². The van der Waals surface area contributed by atoms with Gasteiger partial charge in [-0.25, -0.2) is 13.8 Å². The molecule has 0 atom stereocenters. The molecule has 0 saturated heterocycles. The van der Waals surface area contributed by atoms with Crippen LogP contribution in [0.3, 0.4) is 0 Å². The van der Waals surface area contributed by atoms with Crippen LogP contribution in [0.15, 0.2) is 34.9 Å². The second kappa shape index (κ2) is 5.97. The molecule has 0 bridgehead atoms. The van der Waals surface area contributed by atoms with Crippen molar-refractivity contribution in [2.75, 3.05) is 12.4 Å². The lowest BCUT2D eigenvalue weighted by atomic mass is 10.2. The molecule has 0 aliphatic heterocycles. The van der Waals surface area contributed by atoms with Crippen LogP contribution in [0.2, 0.25) is 0 Å². The normalized spacial score (nSPS) is 10.3. The summed E-state index contributed by atoms with van der Waals surface area (Å²) in [4.78, 5) is 3.99. The van der Waals surface area contributed by atoms with Gasteiger partial charge in [-0.2, -0.15) is 0 Å². The van der Waals surface area contributed by atoms with E-state index in [1.165, 1.54) is 25.4 Å². The lowest BCUT2D eigenvalue weighted by Gasteiger charge is -2.09. The summed E-state index contributed by atoms with van der Waals surface area (Å²) < 4.78 is 32.4. The smallest absolute Gasteiger partial charge is 0.213 e. The molecule has 1 aromatic carbocycles. The number of ether oxygens (including phenoxy) is 1. The Morgan fingerprint density at radius 2 is 2.05 bits per heavy atom. The van der Waals surface area contributed by atoms with E-state index in [0.717, 1.165) is 0 Å². The van der Waals surface area contributed by atoms with E-state index < -0.39 is 11.6 Å². The molecule has 0 aliphatic rings. The Balaban J connectivity index is 2.12. The third-order valence-electron chi connectivity index (χ3n) is 2.55. The molecule has 0 amide bonds. The van der Waals surface area contributed by atoms with Crippen molar-refractivity contribution in [1.29, 1.82) is 0 Å². The van der Waals surface area contributed by atoms with Crippen LogP contribution in [-0.2, 0) is 6.54 Å². The van der Waals surface area contributed by atoms with Gasteiger partial charge >= 0.3 is 0 Å². The number of nitrogens with one attached hydrogen (secondary N) is 1. The molecule has 19 heavy (non-hydrogen) atoms. The third kappa shape index (κ3) is 3.20. The first-order chi connectivity index (χ1) is 9.11. The van der Waals surface area contributed by atoms with E-state index in [2.05, 4.69) is 26.2 Å². The summed E-state index contributed by atoms with van der Waals surface area (Å²) in [5.74, 6) is -0.714. The number of hydrogen-bond donors (Lipinski definition) is 1. The third-order valence-corrected chi connectivity index (χ3v) is 3.17. The highest BCUT2D eigenvalue weighted by Gasteiger charge is 2.11. The fourth-order valence-corrected chi connectivity index (χ4v) is 1.90. The topological polar surface area (TPSA) is 34.1 Å². The van der Waals surface area contributed by atoms with Gasteiger partial charge in [0.05, 0.1) is 23.5 Å². The van der Waals surface area contributed by atoms with E-state index in [1.54, 1.807) is 12.1 Å². The highest BCUT2D eigenvalue weighted by atomic mass is 79.9. The Bertz CT molecular complexity index is 576. The van der Waals surface area contributed by atoms with Gasteiger partial charge in [-0.1, -0.05) is 0 Å². The first-order valence-corrected chi connectivity index (χ1v) is 6.27. The zero-order valence-electron chi connectivity index (χ0n) is 10.1. The van der Waals surface area contributed by atoms with Crippen molar-refractivity contribution in [2.45, 2.75) is 6.54 Å². The lowest BCUT2D eigenvalue weighted by molar-refractivity contribution is 0.398. The standard InChI is InChI=1S/C13H11BrF2N2O/c1-19-12-5-2-8(6-18-12)17-7-9-11(15)4-3-10(14)13(9)16/h2-6,17H,7H2,1H3. The van der Waals surface area contributed by atoms with Crippen molar-refractivity contribution in [1.82, 2.24) is 4.98 Å². The van der Waals surface area contributed by atoms with Gasteiger partial charge in [0, 0.05) is 18.2 Å². The fourth-order valence-electron chi connectivity index (χ4n) is 1.53. The Hall–Kier alpha value is -1.69. The molecule has 100 valence electrons. The molecule has 1 aromatic heterocycles. The molecule has 2 rings (SSSR count). The zero-order chi connectivity index (χ0) is 13.8. The minimum atomic E-state index is -0.603. The number of rotatable bonds is 4. The molecule has 3 nitrogen and oxygen atoms in total. The minimum absolute atomic E-state index is 0.0230. The highest BCUT2D eigenvalue weighted by Crippen LogP contribution is 2.22. The molecule has 0 spiro atoms. The van der Waals surface area contributed by atoms with Crippen LogP contribution in [0, 0.1) is 11.6 Å². The number of hydrogen-bond acceptors (Lipinski definition) is 3. The molecule has 1 heterocycles. The average molecular weight is 329 g/mol. The van der Waals surface area contributed by atoms with Gasteiger partial charge in [0.25, 0.3) is 0 Å². The molecule has 0 unspecified atom stereocenters. The van der Waals surface area contributed by atoms with Crippen molar-refractivity contribution in [3.05, 3.63) is 52.1 Å². The van der Waals surface area contributed by atoms with Crippen molar-refractivity contribution in [3.8, 4) is 5.88 Å². The van der Waals surface area contributed by atoms with Crippen molar-refractivity contribution in [2.24, 2.45) is 0 Å². The zero-order valence-corrected chi connectivity index (χ0v) is 11.7. The summed E-state index contributed by atoms with van der Waals surface area (Å²) >= 11 is 3.03. The second-order valence-corrected chi connectivity index (χ2v) is 4.62. The minimum Gasteiger partial charge on any atom is -0.481 e. The van der Waals surface area contributed by atoms with Gasteiger partial charge in [-0.15, -0.1) is 0 Å². The van der Waals surface area contributed by atoms with Crippen LogP contribution in [0.4, 0.5) is 14.5 Å². The maximum absolute atomic E-state index is 13.7. The number of pyridine rings is 1. The predicted molar refractivity (Wildman–Crippen MR) is 72.2 cm³/mol. The van der Waals surface area contributed by atoms with Crippen molar-refractivity contribution >= 4 is 21.6 Å². The first kappa shape index (κ1) is 13.7. The van der Waals surface area contributed by atoms with Crippen molar-refractivity contribution < 1.29 is 13.5 Å². The van der Waals surface area contributed by atoms with Crippen LogP contribution >= 0.6 is 15.9 Å². The van der Waals surface area contributed by atoms with E-state index in [1.807, 2.05) is 0 Å². The van der Waals surface area contributed by atoms with Gasteiger partial charge in [-0.3, -0.25) is 0 Å². The van der Waals surface area contributed by atoms with Crippen LogP contribution in [0.5, 0.6) is 5.88 Å². The number of aromatic nitrogens is 1. The lowest BCUT2D eigenvalue weighted by Crippen LogP contribution is -2.05. The Labute approximate surface area is 117 Å². The molecule has 0 saturated carbocycles. The fraction of sp³-hybridized carbons (Fsp3) is 0.154. The Morgan fingerprint density at radius 1 is 1.26 bits per heavy atom. The molecule has 0 fully saturated rings. The Kier molecular flexibility index (Phi) is 4.31. The molecule has 2 aromatic rings. The average Bonchev–Trinajstić information content (AvgIpc) is 2.44. The number of halogens is 3. The quantitative estimate of drug-likeness (QED) is 0.868. The molecule has 6 heteroatoms. The SMILES string of the molecule is COc1ccc(NCc2c(F)ccc(Br)c2F)cn1. The monoisotopic (exact) mass is 328 g/mol. The van der Waals surface area contributed by atoms with Gasteiger partial charge in [0.1, 0.15) is 11.6 Å². The maximum atomic E-state index is 13.7. The summed E-state index contributed by atoms with van der Waals surface area (Å²) in [6.45, 7) is 0.0329. The van der Waals surface area contributed by atoms with E-state index >= 15 is 0 Å². The van der Waals surface area contributed by atoms with Gasteiger partial charge < -0.3 is 10.1 Å². The van der Waals surface area contributed by atoms with E-state index in [-0.39, 0.29) is 16.6 Å². The van der Waals surface area contributed by atoms with Crippen LogP contribution in [0.25, 0.3) is 0 Å². The van der Waals surface area contributed by atoms with Gasteiger partial charge in [0.15, 0.2) is 0 Å².